The van der Waals surface area contributed by atoms with Crippen molar-refractivity contribution < 1.29 is 9.59 Å². The fourth-order valence-corrected chi connectivity index (χ4v) is 2.08. The van der Waals surface area contributed by atoms with E-state index in [1.165, 1.54) is 11.1 Å². The fraction of sp³-hybridized carbons (Fsp3) is 0.333. The van der Waals surface area contributed by atoms with Crippen molar-refractivity contribution in [2.24, 2.45) is 5.84 Å². The molecule has 1 heterocycles. The van der Waals surface area contributed by atoms with E-state index in [4.69, 9.17) is 5.84 Å². The highest BCUT2D eigenvalue weighted by molar-refractivity contribution is 6.34. The number of carbonyl (C=O) groups is 2. The Balaban J connectivity index is 2.09. The third-order valence-corrected chi connectivity index (χ3v) is 3.03. The van der Waals surface area contributed by atoms with Gasteiger partial charge in [0.15, 0.2) is 0 Å². The van der Waals surface area contributed by atoms with E-state index in [0.717, 1.165) is 12.8 Å². The van der Waals surface area contributed by atoms with Crippen LogP contribution in [0.2, 0.25) is 0 Å². The van der Waals surface area contributed by atoms with Gasteiger partial charge in [-0.25, -0.2) is 5.84 Å². The Bertz CT molecular complexity index is 418. The van der Waals surface area contributed by atoms with Gasteiger partial charge in [0.25, 0.3) is 0 Å². The molecule has 0 spiro atoms. The quantitative estimate of drug-likeness (QED) is 0.277. The van der Waals surface area contributed by atoms with E-state index >= 15 is 0 Å². The smallest absolute Gasteiger partial charge is 0.323 e. The van der Waals surface area contributed by atoms with Crippen molar-refractivity contribution in [2.75, 3.05) is 13.1 Å². The monoisotopic (exact) mass is 233 g/mol. The van der Waals surface area contributed by atoms with Gasteiger partial charge in [-0.15, -0.1) is 0 Å². The van der Waals surface area contributed by atoms with Crippen molar-refractivity contribution in [3.05, 3.63) is 35.4 Å². The summed E-state index contributed by atoms with van der Waals surface area (Å²) in [6, 6.07) is 8.10. The molecular weight excluding hydrogens is 218 g/mol. The van der Waals surface area contributed by atoms with Crippen LogP contribution in [0.4, 0.5) is 0 Å². The third kappa shape index (κ3) is 2.45. The SMILES string of the molecule is NNC(=O)C(=O)N1CCc2ccccc2CC1. The second-order valence-electron chi connectivity index (χ2n) is 4.03. The number of hydrogen-bond acceptors (Lipinski definition) is 3. The fourth-order valence-electron chi connectivity index (χ4n) is 2.08. The molecule has 0 saturated heterocycles. The van der Waals surface area contributed by atoms with Gasteiger partial charge in [-0.2, -0.15) is 0 Å². The first-order valence-corrected chi connectivity index (χ1v) is 5.59. The summed E-state index contributed by atoms with van der Waals surface area (Å²) in [5, 5.41) is 0. The van der Waals surface area contributed by atoms with E-state index in [1.54, 1.807) is 4.90 Å². The number of carbonyl (C=O) groups excluding carboxylic acids is 2. The lowest BCUT2D eigenvalue weighted by atomic mass is 10.0. The molecule has 5 heteroatoms. The summed E-state index contributed by atoms with van der Waals surface area (Å²) >= 11 is 0. The van der Waals surface area contributed by atoms with E-state index in [9.17, 15) is 9.59 Å². The molecule has 1 aromatic rings. The van der Waals surface area contributed by atoms with Gasteiger partial charge in [0.2, 0.25) is 0 Å². The maximum atomic E-state index is 11.7. The summed E-state index contributed by atoms with van der Waals surface area (Å²) in [6.45, 7) is 1.12. The van der Waals surface area contributed by atoms with Crippen molar-refractivity contribution in [3.63, 3.8) is 0 Å². The number of amides is 2. The average Bonchev–Trinajstić information content (AvgIpc) is 2.59. The van der Waals surface area contributed by atoms with Gasteiger partial charge in [0, 0.05) is 13.1 Å². The molecule has 0 unspecified atom stereocenters. The molecule has 17 heavy (non-hydrogen) atoms. The molecule has 2 amide bonds. The Kier molecular flexibility index (Phi) is 3.39. The number of nitrogens with zero attached hydrogens (tertiary/aromatic N) is 1. The molecule has 0 bridgehead atoms. The summed E-state index contributed by atoms with van der Waals surface area (Å²) in [5.41, 5.74) is 4.37. The highest BCUT2D eigenvalue weighted by Gasteiger charge is 2.22. The lowest BCUT2D eigenvalue weighted by Crippen LogP contribution is -2.46. The number of rotatable bonds is 0. The van der Waals surface area contributed by atoms with Crippen LogP contribution in [0, 0.1) is 0 Å². The van der Waals surface area contributed by atoms with E-state index in [2.05, 4.69) is 12.1 Å². The van der Waals surface area contributed by atoms with Crippen molar-refractivity contribution in [1.29, 1.82) is 0 Å². The van der Waals surface area contributed by atoms with Gasteiger partial charge in [0.1, 0.15) is 0 Å². The van der Waals surface area contributed by atoms with Gasteiger partial charge in [-0.1, -0.05) is 24.3 Å². The lowest BCUT2D eigenvalue weighted by molar-refractivity contribution is -0.145. The van der Waals surface area contributed by atoms with Gasteiger partial charge < -0.3 is 4.90 Å². The minimum absolute atomic E-state index is 0.555. The summed E-state index contributed by atoms with van der Waals surface area (Å²) in [6.07, 6.45) is 1.56. The van der Waals surface area contributed by atoms with Crippen molar-refractivity contribution in [3.8, 4) is 0 Å². The first-order valence-electron chi connectivity index (χ1n) is 5.59. The first-order chi connectivity index (χ1) is 8.22. The van der Waals surface area contributed by atoms with Gasteiger partial charge in [-0.05, 0) is 24.0 Å². The van der Waals surface area contributed by atoms with Gasteiger partial charge in [-0.3, -0.25) is 15.0 Å². The number of hydrogen-bond donors (Lipinski definition) is 2. The van der Waals surface area contributed by atoms with Gasteiger partial charge >= 0.3 is 11.8 Å². The molecule has 1 aromatic carbocycles. The molecule has 1 aliphatic rings. The maximum Gasteiger partial charge on any atom is 0.323 e. The van der Waals surface area contributed by atoms with Crippen LogP contribution < -0.4 is 11.3 Å². The van der Waals surface area contributed by atoms with Crippen molar-refractivity contribution >= 4 is 11.8 Å². The number of nitrogens with two attached hydrogens (primary N) is 1. The average molecular weight is 233 g/mol. The number of nitrogens with one attached hydrogen (secondary N) is 1. The zero-order valence-corrected chi connectivity index (χ0v) is 9.48. The van der Waals surface area contributed by atoms with Crippen LogP contribution in [0.5, 0.6) is 0 Å². The molecule has 1 aliphatic heterocycles. The van der Waals surface area contributed by atoms with E-state index in [-0.39, 0.29) is 0 Å². The largest absolute Gasteiger partial charge is 0.334 e. The predicted molar refractivity (Wildman–Crippen MR) is 62.8 cm³/mol. The summed E-state index contributed by atoms with van der Waals surface area (Å²) in [4.78, 5) is 24.4. The molecule has 0 aromatic heterocycles. The maximum absolute atomic E-state index is 11.7. The van der Waals surface area contributed by atoms with Crippen LogP contribution >= 0.6 is 0 Å². The minimum Gasteiger partial charge on any atom is -0.334 e. The molecule has 3 N–H and O–H groups in total. The molecule has 0 radical (unpaired) electrons. The topological polar surface area (TPSA) is 75.4 Å². The van der Waals surface area contributed by atoms with Crippen LogP contribution in [0.15, 0.2) is 24.3 Å². The van der Waals surface area contributed by atoms with E-state index in [1.807, 2.05) is 17.6 Å². The van der Waals surface area contributed by atoms with Crippen LogP contribution in [-0.4, -0.2) is 29.8 Å². The molecule has 5 nitrogen and oxygen atoms in total. The van der Waals surface area contributed by atoms with Crippen LogP contribution in [-0.2, 0) is 22.4 Å². The number of benzene rings is 1. The zero-order chi connectivity index (χ0) is 12.3. The first kappa shape index (κ1) is 11.6. The normalized spacial score (nSPS) is 14.8. The molecule has 0 saturated carbocycles. The molecule has 2 rings (SSSR count). The molecule has 0 aliphatic carbocycles. The highest BCUT2D eigenvalue weighted by Crippen LogP contribution is 2.15. The number of hydrazine groups is 1. The Morgan fingerprint density at radius 3 is 2.12 bits per heavy atom. The second kappa shape index (κ2) is 4.97. The van der Waals surface area contributed by atoms with E-state index < -0.39 is 11.8 Å². The minimum atomic E-state index is -0.754. The summed E-state index contributed by atoms with van der Waals surface area (Å²) < 4.78 is 0. The van der Waals surface area contributed by atoms with Crippen molar-refractivity contribution in [1.82, 2.24) is 10.3 Å². The molecule has 0 fully saturated rings. The molecule has 90 valence electrons. The number of fused-ring (bicyclic) bond motifs is 1. The molecular formula is C12H15N3O2. The van der Waals surface area contributed by atoms with Crippen molar-refractivity contribution in [2.45, 2.75) is 12.8 Å². The Morgan fingerprint density at radius 1 is 1.12 bits per heavy atom. The standard InChI is InChI=1S/C12H15N3O2/c13-14-11(16)12(17)15-7-5-9-3-1-2-4-10(9)6-8-15/h1-4H,5-8,13H2,(H,14,16). The summed E-state index contributed by atoms with van der Waals surface area (Å²) in [5.74, 6) is 3.65. The highest BCUT2D eigenvalue weighted by atomic mass is 16.2. The van der Waals surface area contributed by atoms with Crippen LogP contribution in [0.1, 0.15) is 11.1 Å². The lowest BCUT2D eigenvalue weighted by Gasteiger charge is -2.18. The Labute approximate surface area is 99.6 Å². The Morgan fingerprint density at radius 2 is 1.65 bits per heavy atom. The van der Waals surface area contributed by atoms with Gasteiger partial charge in [0.05, 0.1) is 0 Å². The Hall–Kier alpha value is -1.88. The molecule has 0 atom stereocenters. The van der Waals surface area contributed by atoms with Crippen LogP contribution in [0.25, 0.3) is 0 Å². The zero-order valence-electron chi connectivity index (χ0n) is 9.48. The third-order valence-electron chi connectivity index (χ3n) is 3.03. The second-order valence-corrected chi connectivity index (χ2v) is 4.03. The predicted octanol–water partition coefficient (Wildman–Crippen LogP) is -0.396. The summed E-state index contributed by atoms with van der Waals surface area (Å²) in [7, 11) is 0. The van der Waals surface area contributed by atoms with Crippen LogP contribution in [0.3, 0.4) is 0 Å². The van der Waals surface area contributed by atoms with E-state index in [0.29, 0.717) is 13.1 Å².